The van der Waals surface area contributed by atoms with Gasteiger partial charge in [0.2, 0.25) is 0 Å². The van der Waals surface area contributed by atoms with Gasteiger partial charge in [0.25, 0.3) is 0 Å². The van der Waals surface area contributed by atoms with E-state index in [1.165, 1.54) is 24.1 Å². The van der Waals surface area contributed by atoms with E-state index >= 15 is 0 Å². The Morgan fingerprint density at radius 1 is 1.12 bits per heavy atom. The van der Waals surface area contributed by atoms with E-state index in [9.17, 15) is 22.8 Å². The van der Waals surface area contributed by atoms with Gasteiger partial charge in [0.05, 0.1) is 16.8 Å². The first-order chi connectivity index (χ1) is 15.2. The fourth-order valence-corrected chi connectivity index (χ4v) is 3.35. The summed E-state index contributed by atoms with van der Waals surface area (Å²) in [4.78, 5) is 29.2. The maximum absolute atomic E-state index is 12.3. The van der Waals surface area contributed by atoms with Gasteiger partial charge in [-0.15, -0.1) is 13.2 Å². The molecule has 0 radical (unpaired) electrons. The molecule has 0 fully saturated rings. The molecule has 0 bridgehead atoms. The van der Waals surface area contributed by atoms with Gasteiger partial charge in [-0.1, -0.05) is 41.7 Å². The van der Waals surface area contributed by atoms with Crippen LogP contribution in [0.3, 0.4) is 0 Å². The normalized spacial score (nSPS) is 11.1. The Labute approximate surface area is 184 Å². The molecule has 1 heterocycles. The number of benzene rings is 2. The highest BCUT2D eigenvalue weighted by Crippen LogP contribution is 2.31. The fourth-order valence-electron chi connectivity index (χ4n) is 2.47. The van der Waals surface area contributed by atoms with Crippen LogP contribution in [0.15, 0.2) is 48.5 Å². The number of hydrogen-bond acceptors (Lipinski definition) is 7. The van der Waals surface area contributed by atoms with Crippen molar-refractivity contribution in [2.24, 2.45) is 0 Å². The van der Waals surface area contributed by atoms with Crippen molar-refractivity contribution in [3.05, 3.63) is 54.1 Å². The Hall–Kier alpha value is -3.54. The van der Waals surface area contributed by atoms with Gasteiger partial charge in [0.1, 0.15) is 19.0 Å². The minimum atomic E-state index is -4.80. The van der Waals surface area contributed by atoms with Crippen molar-refractivity contribution in [3.8, 4) is 5.75 Å². The molecular weight excluding hydrogens is 451 g/mol. The smallest absolute Gasteiger partial charge is 0.447 e. The SMILES string of the molecule is CN(CCOC(=O)Nc1nc2ccc(OC(F)(F)F)cc2s1)C(=O)OCc1ccccc1. The highest BCUT2D eigenvalue weighted by atomic mass is 32.1. The molecule has 0 spiro atoms. The summed E-state index contributed by atoms with van der Waals surface area (Å²) in [7, 11) is 1.50. The number of carbonyl (C=O) groups is 2. The number of fused-ring (bicyclic) bond motifs is 1. The summed E-state index contributed by atoms with van der Waals surface area (Å²) in [6, 6.07) is 12.8. The number of anilines is 1. The van der Waals surface area contributed by atoms with Gasteiger partial charge in [-0.25, -0.2) is 14.6 Å². The van der Waals surface area contributed by atoms with E-state index in [4.69, 9.17) is 9.47 Å². The Morgan fingerprint density at radius 2 is 1.88 bits per heavy atom. The fraction of sp³-hybridized carbons (Fsp3) is 0.250. The number of likely N-dealkylation sites (N-methyl/N-ethyl adjacent to an activating group) is 1. The van der Waals surface area contributed by atoms with Crippen LogP contribution in [0.1, 0.15) is 5.56 Å². The zero-order chi connectivity index (χ0) is 23.1. The molecule has 1 N–H and O–H groups in total. The van der Waals surface area contributed by atoms with E-state index < -0.39 is 18.5 Å². The van der Waals surface area contributed by atoms with E-state index in [0.717, 1.165) is 23.0 Å². The third-order valence-electron chi connectivity index (χ3n) is 3.98. The predicted molar refractivity (Wildman–Crippen MR) is 111 cm³/mol. The van der Waals surface area contributed by atoms with Crippen molar-refractivity contribution in [1.82, 2.24) is 9.88 Å². The van der Waals surface area contributed by atoms with Crippen molar-refractivity contribution in [3.63, 3.8) is 0 Å². The van der Waals surface area contributed by atoms with Crippen LogP contribution in [-0.2, 0) is 16.1 Å². The van der Waals surface area contributed by atoms with Gasteiger partial charge in [0, 0.05) is 13.1 Å². The molecule has 0 saturated heterocycles. The summed E-state index contributed by atoms with van der Waals surface area (Å²) in [6.07, 6.45) is -6.19. The van der Waals surface area contributed by atoms with Crippen LogP contribution in [-0.4, -0.2) is 48.6 Å². The lowest BCUT2D eigenvalue weighted by molar-refractivity contribution is -0.274. The summed E-state index contributed by atoms with van der Waals surface area (Å²) < 4.78 is 51.4. The standard InChI is InChI=1S/C20H18F3N3O5S/c1-26(19(28)30-12-13-5-3-2-4-6-13)9-10-29-18(27)25-17-24-15-8-7-14(11-16(15)32-17)31-20(21,22)23/h2-8,11H,9-10,12H2,1H3,(H,24,25,27). The van der Waals surface area contributed by atoms with Crippen molar-refractivity contribution >= 4 is 38.9 Å². The van der Waals surface area contributed by atoms with Crippen molar-refractivity contribution < 1.29 is 37.0 Å². The maximum Gasteiger partial charge on any atom is 0.573 e. The monoisotopic (exact) mass is 469 g/mol. The number of nitrogens with zero attached hydrogens (tertiary/aromatic N) is 2. The predicted octanol–water partition coefficient (Wildman–Crippen LogP) is 5.01. The number of amides is 2. The Balaban J connectivity index is 1.43. The quantitative estimate of drug-likeness (QED) is 0.523. The summed E-state index contributed by atoms with van der Waals surface area (Å²) in [6.45, 7) is 0.120. The number of hydrogen-bond donors (Lipinski definition) is 1. The molecule has 2 aromatic carbocycles. The van der Waals surface area contributed by atoms with Crippen molar-refractivity contribution in [2.75, 3.05) is 25.5 Å². The number of rotatable bonds is 7. The van der Waals surface area contributed by atoms with Crippen molar-refractivity contribution in [2.45, 2.75) is 13.0 Å². The highest BCUT2D eigenvalue weighted by molar-refractivity contribution is 7.22. The first-order valence-electron chi connectivity index (χ1n) is 9.21. The molecule has 0 atom stereocenters. The average molecular weight is 469 g/mol. The second-order valence-electron chi connectivity index (χ2n) is 6.42. The average Bonchev–Trinajstić information content (AvgIpc) is 3.12. The molecule has 0 aliphatic carbocycles. The van der Waals surface area contributed by atoms with Crippen LogP contribution < -0.4 is 10.1 Å². The van der Waals surface area contributed by atoms with E-state index in [1.807, 2.05) is 30.3 Å². The van der Waals surface area contributed by atoms with Crippen LogP contribution in [0.2, 0.25) is 0 Å². The lowest BCUT2D eigenvalue weighted by Crippen LogP contribution is -2.31. The van der Waals surface area contributed by atoms with E-state index in [0.29, 0.717) is 10.2 Å². The Kier molecular flexibility index (Phi) is 7.36. The first-order valence-corrected chi connectivity index (χ1v) is 10.0. The second-order valence-corrected chi connectivity index (χ2v) is 7.45. The number of ether oxygens (including phenoxy) is 3. The topological polar surface area (TPSA) is 90.0 Å². The van der Waals surface area contributed by atoms with E-state index in [2.05, 4.69) is 15.0 Å². The minimum absolute atomic E-state index is 0.0963. The van der Waals surface area contributed by atoms with Gasteiger partial charge in [-0.05, 0) is 17.7 Å². The molecule has 1 aromatic heterocycles. The van der Waals surface area contributed by atoms with Crippen LogP contribution in [0.25, 0.3) is 10.2 Å². The molecule has 32 heavy (non-hydrogen) atoms. The van der Waals surface area contributed by atoms with E-state index in [-0.39, 0.29) is 30.6 Å². The Morgan fingerprint density at radius 3 is 2.59 bits per heavy atom. The highest BCUT2D eigenvalue weighted by Gasteiger charge is 2.31. The summed E-state index contributed by atoms with van der Waals surface area (Å²) >= 11 is 0.960. The van der Waals surface area contributed by atoms with Gasteiger partial charge >= 0.3 is 18.5 Å². The lowest BCUT2D eigenvalue weighted by atomic mass is 10.2. The van der Waals surface area contributed by atoms with Gasteiger partial charge in [0.15, 0.2) is 5.13 Å². The van der Waals surface area contributed by atoms with Gasteiger partial charge in [-0.2, -0.15) is 0 Å². The number of aromatic nitrogens is 1. The largest absolute Gasteiger partial charge is 0.573 e. The van der Waals surface area contributed by atoms with Crippen LogP contribution in [0.5, 0.6) is 5.75 Å². The summed E-state index contributed by atoms with van der Waals surface area (Å²) in [5, 5.41) is 2.54. The zero-order valence-electron chi connectivity index (χ0n) is 16.7. The van der Waals surface area contributed by atoms with Gasteiger partial charge < -0.3 is 19.1 Å². The third kappa shape index (κ3) is 7.01. The molecule has 0 aliphatic heterocycles. The van der Waals surface area contributed by atoms with Crippen molar-refractivity contribution in [1.29, 1.82) is 0 Å². The maximum atomic E-state index is 12.3. The second kappa shape index (κ2) is 10.2. The van der Waals surface area contributed by atoms with Crippen LogP contribution in [0.4, 0.5) is 27.9 Å². The number of halogens is 3. The van der Waals surface area contributed by atoms with Crippen LogP contribution in [0, 0.1) is 0 Å². The first kappa shape index (κ1) is 23.1. The molecule has 2 amide bonds. The molecule has 170 valence electrons. The molecule has 12 heteroatoms. The molecular formula is C20H18F3N3O5S. The molecule has 8 nitrogen and oxygen atoms in total. The van der Waals surface area contributed by atoms with Crippen LogP contribution >= 0.6 is 11.3 Å². The number of thiazole rings is 1. The number of alkyl halides is 3. The molecule has 0 saturated carbocycles. The molecule has 3 aromatic rings. The number of carbonyl (C=O) groups excluding carboxylic acids is 2. The van der Waals surface area contributed by atoms with Gasteiger partial charge in [-0.3, -0.25) is 5.32 Å². The Bertz CT molecular complexity index is 1080. The summed E-state index contributed by atoms with van der Waals surface area (Å²) in [5.41, 5.74) is 1.23. The van der Waals surface area contributed by atoms with E-state index in [1.54, 1.807) is 0 Å². The number of nitrogens with one attached hydrogen (secondary N) is 1. The third-order valence-corrected chi connectivity index (χ3v) is 4.91. The zero-order valence-corrected chi connectivity index (χ0v) is 17.5. The summed E-state index contributed by atoms with van der Waals surface area (Å²) in [5.74, 6) is -0.384. The molecule has 0 aliphatic rings. The molecule has 3 rings (SSSR count). The lowest BCUT2D eigenvalue weighted by Gasteiger charge is -2.16. The molecule has 0 unspecified atom stereocenters. The minimum Gasteiger partial charge on any atom is -0.447 e.